The molecule has 1 atom stereocenters. The standard InChI is InChI=1S/C20H18N2O3/c1-13-10-11-16(22(24)25)12-19(13)20(23)21-14(2)17-9-5-7-15-6-3-4-8-18(15)17/h3-12,14H,1-2H3,(H,21,23). The summed E-state index contributed by atoms with van der Waals surface area (Å²) in [6.07, 6.45) is 0. The Bertz CT molecular complexity index is 961. The molecule has 0 bridgehead atoms. The average Bonchev–Trinajstić information content (AvgIpc) is 2.61. The molecule has 0 saturated carbocycles. The highest BCUT2D eigenvalue weighted by Crippen LogP contribution is 2.25. The highest BCUT2D eigenvalue weighted by molar-refractivity contribution is 5.97. The van der Waals surface area contributed by atoms with Crippen LogP contribution in [-0.4, -0.2) is 10.8 Å². The summed E-state index contributed by atoms with van der Waals surface area (Å²) < 4.78 is 0. The number of nitrogens with one attached hydrogen (secondary N) is 1. The minimum atomic E-state index is -0.496. The van der Waals surface area contributed by atoms with E-state index in [1.165, 1.54) is 12.1 Å². The van der Waals surface area contributed by atoms with Crippen molar-refractivity contribution >= 4 is 22.4 Å². The van der Waals surface area contributed by atoms with Crippen molar-refractivity contribution in [2.45, 2.75) is 19.9 Å². The van der Waals surface area contributed by atoms with E-state index in [4.69, 9.17) is 0 Å². The number of carbonyl (C=O) groups is 1. The molecule has 5 heteroatoms. The number of nitro benzene ring substituents is 1. The van der Waals surface area contributed by atoms with Gasteiger partial charge in [-0.05, 0) is 35.7 Å². The number of carbonyl (C=O) groups excluding carboxylic acids is 1. The van der Waals surface area contributed by atoms with Crippen LogP contribution >= 0.6 is 0 Å². The number of fused-ring (bicyclic) bond motifs is 1. The Morgan fingerprint density at radius 2 is 1.80 bits per heavy atom. The number of nitrogens with zero attached hydrogens (tertiary/aromatic N) is 1. The van der Waals surface area contributed by atoms with Crippen molar-refractivity contribution < 1.29 is 9.72 Å². The van der Waals surface area contributed by atoms with Gasteiger partial charge in [-0.2, -0.15) is 0 Å². The Labute approximate surface area is 145 Å². The Morgan fingerprint density at radius 1 is 1.08 bits per heavy atom. The van der Waals surface area contributed by atoms with Crippen LogP contribution in [0.1, 0.15) is 34.5 Å². The number of rotatable bonds is 4. The fourth-order valence-electron chi connectivity index (χ4n) is 2.95. The zero-order valence-corrected chi connectivity index (χ0v) is 14.0. The molecule has 3 aromatic carbocycles. The smallest absolute Gasteiger partial charge is 0.270 e. The number of nitro groups is 1. The maximum Gasteiger partial charge on any atom is 0.270 e. The molecular formula is C20H18N2O3. The maximum absolute atomic E-state index is 12.6. The van der Waals surface area contributed by atoms with Gasteiger partial charge in [-0.25, -0.2) is 0 Å². The normalized spacial score (nSPS) is 11.9. The number of benzene rings is 3. The van der Waals surface area contributed by atoms with Gasteiger partial charge in [0, 0.05) is 17.7 Å². The van der Waals surface area contributed by atoms with Gasteiger partial charge in [-0.3, -0.25) is 14.9 Å². The Kier molecular flexibility index (Phi) is 4.48. The molecule has 25 heavy (non-hydrogen) atoms. The third-order valence-electron chi connectivity index (χ3n) is 4.31. The summed E-state index contributed by atoms with van der Waals surface area (Å²) in [6.45, 7) is 3.67. The highest BCUT2D eigenvalue weighted by Gasteiger charge is 2.18. The quantitative estimate of drug-likeness (QED) is 0.562. The van der Waals surface area contributed by atoms with E-state index < -0.39 is 4.92 Å². The Hall–Kier alpha value is -3.21. The average molecular weight is 334 g/mol. The Morgan fingerprint density at radius 3 is 2.56 bits per heavy atom. The highest BCUT2D eigenvalue weighted by atomic mass is 16.6. The first-order valence-corrected chi connectivity index (χ1v) is 8.01. The molecule has 5 nitrogen and oxygen atoms in total. The van der Waals surface area contributed by atoms with Crippen molar-refractivity contribution in [3.8, 4) is 0 Å². The first kappa shape index (κ1) is 16.6. The zero-order valence-electron chi connectivity index (χ0n) is 14.0. The van der Waals surface area contributed by atoms with Gasteiger partial charge in [-0.15, -0.1) is 0 Å². The van der Waals surface area contributed by atoms with E-state index >= 15 is 0 Å². The second kappa shape index (κ2) is 6.73. The van der Waals surface area contributed by atoms with Gasteiger partial charge in [0.2, 0.25) is 0 Å². The molecule has 1 amide bonds. The van der Waals surface area contributed by atoms with Crippen LogP contribution in [0.15, 0.2) is 60.7 Å². The van der Waals surface area contributed by atoms with Crippen molar-refractivity contribution in [3.05, 3.63) is 87.5 Å². The van der Waals surface area contributed by atoms with Crippen LogP contribution in [0.4, 0.5) is 5.69 Å². The van der Waals surface area contributed by atoms with E-state index in [1.807, 2.05) is 49.4 Å². The van der Waals surface area contributed by atoms with Crippen LogP contribution in [-0.2, 0) is 0 Å². The van der Waals surface area contributed by atoms with Crippen molar-refractivity contribution in [2.24, 2.45) is 0 Å². The van der Waals surface area contributed by atoms with Gasteiger partial charge in [0.1, 0.15) is 0 Å². The van der Waals surface area contributed by atoms with Crippen LogP contribution in [0, 0.1) is 17.0 Å². The lowest BCUT2D eigenvalue weighted by Crippen LogP contribution is -2.27. The molecule has 3 aromatic rings. The van der Waals surface area contributed by atoms with Crippen LogP contribution in [0.2, 0.25) is 0 Å². The third-order valence-corrected chi connectivity index (χ3v) is 4.31. The van der Waals surface area contributed by atoms with E-state index in [1.54, 1.807) is 13.0 Å². The lowest BCUT2D eigenvalue weighted by atomic mass is 9.99. The minimum absolute atomic E-state index is 0.0893. The molecule has 0 aromatic heterocycles. The third kappa shape index (κ3) is 3.35. The van der Waals surface area contributed by atoms with Crippen molar-refractivity contribution in [1.82, 2.24) is 5.32 Å². The Balaban J connectivity index is 1.90. The first-order chi connectivity index (χ1) is 12.0. The number of non-ortho nitro benzene ring substituents is 1. The molecule has 1 N–H and O–H groups in total. The predicted molar refractivity (Wildman–Crippen MR) is 97.7 cm³/mol. The molecule has 0 fully saturated rings. The van der Waals surface area contributed by atoms with Gasteiger partial charge < -0.3 is 5.32 Å². The van der Waals surface area contributed by atoms with Gasteiger partial charge in [0.25, 0.3) is 11.6 Å². The van der Waals surface area contributed by atoms with E-state index in [-0.39, 0.29) is 17.6 Å². The first-order valence-electron chi connectivity index (χ1n) is 8.01. The van der Waals surface area contributed by atoms with E-state index in [9.17, 15) is 14.9 Å². The van der Waals surface area contributed by atoms with Crippen LogP contribution < -0.4 is 5.32 Å². The molecule has 0 aliphatic carbocycles. The fraction of sp³-hybridized carbons (Fsp3) is 0.150. The molecule has 0 aliphatic rings. The lowest BCUT2D eigenvalue weighted by molar-refractivity contribution is -0.384. The molecule has 0 spiro atoms. The van der Waals surface area contributed by atoms with Gasteiger partial charge >= 0.3 is 0 Å². The minimum Gasteiger partial charge on any atom is -0.345 e. The van der Waals surface area contributed by atoms with Gasteiger partial charge in [0.05, 0.1) is 11.0 Å². The molecule has 1 unspecified atom stereocenters. The van der Waals surface area contributed by atoms with Crippen molar-refractivity contribution in [3.63, 3.8) is 0 Å². The SMILES string of the molecule is Cc1ccc([N+](=O)[O-])cc1C(=O)NC(C)c1cccc2ccccc12. The molecule has 3 rings (SSSR count). The lowest BCUT2D eigenvalue weighted by Gasteiger charge is -2.17. The summed E-state index contributed by atoms with van der Waals surface area (Å²) in [5.41, 5.74) is 1.94. The van der Waals surface area contributed by atoms with Crippen LogP contribution in [0.3, 0.4) is 0 Å². The number of hydrogen-bond donors (Lipinski definition) is 1. The van der Waals surface area contributed by atoms with Gasteiger partial charge in [0.15, 0.2) is 0 Å². The van der Waals surface area contributed by atoms with Crippen molar-refractivity contribution in [2.75, 3.05) is 0 Å². The molecule has 0 heterocycles. The molecule has 0 radical (unpaired) electrons. The summed E-state index contributed by atoms with van der Waals surface area (Å²) in [6, 6.07) is 18.0. The summed E-state index contributed by atoms with van der Waals surface area (Å²) >= 11 is 0. The van der Waals surface area contributed by atoms with E-state index in [2.05, 4.69) is 5.32 Å². The predicted octanol–water partition coefficient (Wildman–Crippen LogP) is 4.55. The monoisotopic (exact) mass is 334 g/mol. The zero-order chi connectivity index (χ0) is 18.0. The topological polar surface area (TPSA) is 72.2 Å². The molecular weight excluding hydrogens is 316 g/mol. The largest absolute Gasteiger partial charge is 0.345 e. The fourth-order valence-corrected chi connectivity index (χ4v) is 2.95. The van der Waals surface area contributed by atoms with E-state index in [0.29, 0.717) is 11.1 Å². The summed E-state index contributed by atoms with van der Waals surface area (Å²) in [5.74, 6) is -0.318. The number of aryl methyl sites for hydroxylation is 1. The second-order valence-electron chi connectivity index (χ2n) is 6.02. The molecule has 0 aliphatic heterocycles. The molecule has 126 valence electrons. The van der Waals surface area contributed by atoms with Gasteiger partial charge in [-0.1, -0.05) is 48.5 Å². The number of amides is 1. The van der Waals surface area contributed by atoms with E-state index in [0.717, 1.165) is 16.3 Å². The van der Waals surface area contributed by atoms with Crippen LogP contribution in [0.25, 0.3) is 10.8 Å². The summed E-state index contributed by atoms with van der Waals surface area (Å²) in [5, 5.41) is 16.1. The maximum atomic E-state index is 12.6. The van der Waals surface area contributed by atoms with Crippen LogP contribution in [0.5, 0.6) is 0 Å². The molecule has 0 saturated heterocycles. The van der Waals surface area contributed by atoms with Crippen molar-refractivity contribution in [1.29, 1.82) is 0 Å². The number of hydrogen-bond acceptors (Lipinski definition) is 3. The summed E-state index contributed by atoms with van der Waals surface area (Å²) in [4.78, 5) is 23.1. The summed E-state index contributed by atoms with van der Waals surface area (Å²) in [7, 11) is 0. The second-order valence-corrected chi connectivity index (χ2v) is 6.02.